The molecule has 0 aromatic heterocycles. The normalized spacial score (nSPS) is 16.9. The van der Waals surface area contributed by atoms with Crippen LogP contribution in [-0.2, 0) is 11.4 Å². The van der Waals surface area contributed by atoms with Crippen molar-refractivity contribution in [1.82, 2.24) is 0 Å². The number of rotatable bonds is 4. The van der Waals surface area contributed by atoms with Crippen LogP contribution in [0.3, 0.4) is 0 Å². The molecular formula is C23H18N2O2S. The average Bonchev–Trinajstić information content (AvgIpc) is 3.04. The number of aliphatic hydroxyl groups excluding tert-OH is 1. The van der Waals surface area contributed by atoms with Crippen LogP contribution in [0.25, 0.3) is 6.08 Å². The highest BCUT2D eigenvalue weighted by atomic mass is 32.2. The van der Waals surface area contributed by atoms with Gasteiger partial charge in [-0.25, -0.2) is 4.99 Å². The van der Waals surface area contributed by atoms with Crippen LogP contribution in [0.15, 0.2) is 94.8 Å². The number of hydrogen-bond acceptors (Lipinski definition) is 4. The molecule has 1 amide bonds. The zero-order valence-electron chi connectivity index (χ0n) is 15.0. The largest absolute Gasteiger partial charge is 0.392 e. The second-order valence-electron chi connectivity index (χ2n) is 6.22. The van der Waals surface area contributed by atoms with Crippen molar-refractivity contribution in [2.24, 2.45) is 4.99 Å². The zero-order valence-corrected chi connectivity index (χ0v) is 15.8. The fraction of sp³-hybridized carbons (Fsp3) is 0.0435. The van der Waals surface area contributed by atoms with E-state index in [1.54, 1.807) is 4.90 Å². The lowest BCUT2D eigenvalue weighted by Gasteiger charge is -2.15. The minimum atomic E-state index is -0.0999. The molecule has 28 heavy (non-hydrogen) atoms. The Bertz CT molecular complexity index is 1030. The highest BCUT2D eigenvalue weighted by molar-refractivity contribution is 8.19. The van der Waals surface area contributed by atoms with Gasteiger partial charge >= 0.3 is 0 Å². The van der Waals surface area contributed by atoms with E-state index >= 15 is 0 Å². The summed E-state index contributed by atoms with van der Waals surface area (Å²) in [4.78, 5) is 20.1. The molecule has 1 fully saturated rings. The number of aliphatic hydroxyl groups is 1. The highest BCUT2D eigenvalue weighted by Crippen LogP contribution is 2.37. The molecule has 0 radical (unpaired) electrons. The van der Waals surface area contributed by atoms with Gasteiger partial charge in [0.15, 0.2) is 5.17 Å². The molecule has 0 saturated carbocycles. The summed E-state index contributed by atoms with van der Waals surface area (Å²) in [5, 5.41) is 9.82. The maximum absolute atomic E-state index is 13.2. The van der Waals surface area contributed by atoms with Crippen LogP contribution >= 0.6 is 11.8 Å². The number of para-hydroxylation sites is 2. The number of amides is 1. The number of hydrogen-bond donors (Lipinski definition) is 1. The van der Waals surface area contributed by atoms with E-state index in [1.165, 1.54) is 11.8 Å². The van der Waals surface area contributed by atoms with Gasteiger partial charge in [-0.15, -0.1) is 0 Å². The summed E-state index contributed by atoms with van der Waals surface area (Å²) in [7, 11) is 0. The number of benzene rings is 3. The van der Waals surface area contributed by atoms with Crippen LogP contribution < -0.4 is 4.90 Å². The molecule has 1 aliphatic rings. The van der Waals surface area contributed by atoms with Gasteiger partial charge in [-0.2, -0.15) is 0 Å². The van der Waals surface area contributed by atoms with Crippen LogP contribution in [-0.4, -0.2) is 16.2 Å². The lowest BCUT2D eigenvalue weighted by atomic mass is 10.1. The van der Waals surface area contributed by atoms with Crippen molar-refractivity contribution in [3.05, 3.63) is 101 Å². The summed E-state index contributed by atoms with van der Waals surface area (Å²) in [6, 6.07) is 26.6. The maximum Gasteiger partial charge on any atom is 0.271 e. The van der Waals surface area contributed by atoms with Gasteiger partial charge in [-0.1, -0.05) is 60.7 Å². The number of amidine groups is 1. The monoisotopic (exact) mass is 386 g/mol. The van der Waals surface area contributed by atoms with Gasteiger partial charge in [-0.05, 0) is 53.2 Å². The summed E-state index contributed by atoms with van der Waals surface area (Å²) in [6.45, 7) is 0.000197. The Morgan fingerprint density at radius 2 is 1.54 bits per heavy atom. The second kappa shape index (κ2) is 8.25. The van der Waals surface area contributed by atoms with Crippen molar-refractivity contribution in [1.29, 1.82) is 0 Å². The molecule has 0 bridgehead atoms. The van der Waals surface area contributed by atoms with Crippen LogP contribution in [0.5, 0.6) is 0 Å². The van der Waals surface area contributed by atoms with Gasteiger partial charge in [0.05, 0.1) is 22.9 Å². The molecule has 4 nitrogen and oxygen atoms in total. The number of nitrogens with zero attached hydrogens (tertiary/aromatic N) is 2. The van der Waals surface area contributed by atoms with Gasteiger partial charge < -0.3 is 5.11 Å². The number of aliphatic imine (C=N–C) groups is 1. The van der Waals surface area contributed by atoms with Crippen molar-refractivity contribution < 1.29 is 9.90 Å². The first kappa shape index (κ1) is 18.2. The van der Waals surface area contributed by atoms with E-state index in [0.717, 1.165) is 22.5 Å². The molecule has 0 spiro atoms. The van der Waals surface area contributed by atoms with E-state index < -0.39 is 0 Å². The number of thioether (sulfide) groups is 1. The average molecular weight is 386 g/mol. The van der Waals surface area contributed by atoms with Gasteiger partial charge in [0, 0.05) is 0 Å². The molecule has 0 aliphatic carbocycles. The SMILES string of the molecule is O=C1/C(=C/c2ccc(CO)cc2)S/C(=N\c2ccccc2)N1c1ccccc1. The fourth-order valence-electron chi connectivity index (χ4n) is 2.84. The zero-order chi connectivity index (χ0) is 19.3. The molecule has 138 valence electrons. The third-order valence-corrected chi connectivity index (χ3v) is 5.23. The van der Waals surface area contributed by atoms with Gasteiger partial charge in [0.2, 0.25) is 0 Å². The molecule has 3 aromatic rings. The van der Waals surface area contributed by atoms with Crippen LogP contribution in [0.4, 0.5) is 11.4 Å². The summed E-state index contributed by atoms with van der Waals surface area (Å²) < 4.78 is 0. The Labute approximate surface area is 167 Å². The summed E-state index contributed by atoms with van der Waals surface area (Å²) >= 11 is 1.36. The van der Waals surface area contributed by atoms with Crippen molar-refractivity contribution in [2.45, 2.75) is 6.61 Å². The van der Waals surface area contributed by atoms with E-state index in [0.29, 0.717) is 10.1 Å². The first-order valence-corrected chi connectivity index (χ1v) is 9.69. The van der Waals surface area contributed by atoms with Crippen molar-refractivity contribution >= 4 is 40.3 Å². The third kappa shape index (κ3) is 3.91. The van der Waals surface area contributed by atoms with E-state index in [1.807, 2.05) is 91.0 Å². The molecular weight excluding hydrogens is 368 g/mol. The molecule has 3 aromatic carbocycles. The van der Waals surface area contributed by atoms with Crippen molar-refractivity contribution in [3.8, 4) is 0 Å². The topological polar surface area (TPSA) is 52.9 Å². The number of anilines is 1. The van der Waals surface area contributed by atoms with E-state index in [-0.39, 0.29) is 12.5 Å². The minimum absolute atomic E-state index is 0.000197. The molecule has 1 N–H and O–H groups in total. The van der Waals surface area contributed by atoms with Crippen LogP contribution in [0.1, 0.15) is 11.1 Å². The second-order valence-corrected chi connectivity index (χ2v) is 7.23. The van der Waals surface area contributed by atoms with Gasteiger partial charge in [0.25, 0.3) is 5.91 Å². The Morgan fingerprint density at radius 3 is 2.18 bits per heavy atom. The maximum atomic E-state index is 13.2. The fourth-order valence-corrected chi connectivity index (χ4v) is 3.84. The van der Waals surface area contributed by atoms with E-state index in [2.05, 4.69) is 0 Å². The standard InChI is InChI=1S/C23H18N2O2S/c26-16-18-13-11-17(12-14-18)15-21-22(27)25(20-9-5-2-6-10-20)23(28-21)24-19-7-3-1-4-8-19/h1-15,26H,16H2/b21-15-,24-23-. The Hall–Kier alpha value is -3.15. The molecule has 1 heterocycles. The van der Waals surface area contributed by atoms with Crippen molar-refractivity contribution in [3.63, 3.8) is 0 Å². The third-order valence-electron chi connectivity index (χ3n) is 4.26. The van der Waals surface area contributed by atoms with E-state index in [9.17, 15) is 9.90 Å². The summed E-state index contributed by atoms with van der Waals surface area (Å²) in [6.07, 6.45) is 1.86. The Morgan fingerprint density at radius 1 is 0.893 bits per heavy atom. The predicted molar refractivity (Wildman–Crippen MR) is 115 cm³/mol. The first-order valence-electron chi connectivity index (χ1n) is 8.87. The lowest BCUT2D eigenvalue weighted by Crippen LogP contribution is -2.28. The Kier molecular flexibility index (Phi) is 5.37. The summed E-state index contributed by atoms with van der Waals surface area (Å²) in [5.41, 5.74) is 3.33. The summed E-state index contributed by atoms with van der Waals surface area (Å²) in [5.74, 6) is -0.0999. The molecule has 1 saturated heterocycles. The molecule has 5 heteroatoms. The lowest BCUT2D eigenvalue weighted by molar-refractivity contribution is -0.113. The molecule has 1 aliphatic heterocycles. The molecule has 0 unspecified atom stereocenters. The number of carbonyl (C=O) groups is 1. The smallest absolute Gasteiger partial charge is 0.271 e. The highest BCUT2D eigenvalue weighted by Gasteiger charge is 2.34. The van der Waals surface area contributed by atoms with Gasteiger partial charge in [0.1, 0.15) is 0 Å². The van der Waals surface area contributed by atoms with Crippen LogP contribution in [0.2, 0.25) is 0 Å². The molecule has 4 rings (SSSR count). The van der Waals surface area contributed by atoms with Crippen LogP contribution in [0, 0.1) is 0 Å². The Balaban J connectivity index is 1.73. The van der Waals surface area contributed by atoms with Crippen molar-refractivity contribution in [2.75, 3.05) is 4.90 Å². The minimum Gasteiger partial charge on any atom is -0.392 e. The van der Waals surface area contributed by atoms with Gasteiger partial charge in [-0.3, -0.25) is 9.69 Å². The quantitative estimate of drug-likeness (QED) is 0.643. The predicted octanol–water partition coefficient (Wildman–Crippen LogP) is 4.99. The first-order chi connectivity index (χ1) is 13.7. The van der Waals surface area contributed by atoms with E-state index in [4.69, 9.17) is 4.99 Å². The molecule has 0 atom stereocenters. The number of carbonyl (C=O) groups excluding carboxylic acids is 1.